The molecule has 0 saturated heterocycles. The van der Waals surface area contributed by atoms with Gasteiger partial charge in [-0.15, -0.1) is 0 Å². The van der Waals surface area contributed by atoms with Crippen LogP contribution < -0.4 is 10.1 Å². The second-order valence-electron chi connectivity index (χ2n) is 16.6. The molecule has 8 unspecified atom stereocenters. The Labute approximate surface area is 281 Å². The number of aliphatic hydroxyl groups is 2. The number of methoxy groups -OCH3 is 1. The molecular weight excluding hydrogens is 588 g/mol. The van der Waals surface area contributed by atoms with Crippen molar-refractivity contribution in [1.29, 1.82) is 0 Å². The molecule has 2 bridgehead atoms. The van der Waals surface area contributed by atoms with Crippen LogP contribution in [0.3, 0.4) is 0 Å². The van der Waals surface area contributed by atoms with E-state index in [0.29, 0.717) is 36.8 Å². The highest BCUT2D eigenvalue weighted by atomic mass is 16.5. The highest BCUT2D eigenvalue weighted by Crippen LogP contribution is 2.78. The van der Waals surface area contributed by atoms with E-state index in [1.807, 2.05) is 24.3 Å². The van der Waals surface area contributed by atoms with Gasteiger partial charge in [-0.3, -0.25) is 4.79 Å². The number of urea groups is 1. The van der Waals surface area contributed by atoms with Crippen molar-refractivity contribution in [1.82, 2.24) is 4.90 Å². The number of nitrogens with zero attached hydrogens (tertiary/aromatic N) is 1. The lowest BCUT2D eigenvalue weighted by Gasteiger charge is -2.71. The van der Waals surface area contributed by atoms with Gasteiger partial charge in [-0.2, -0.15) is 0 Å². The maximum absolute atomic E-state index is 14.8. The minimum atomic E-state index is -1.08. The summed E-state index contributed by atoms with van der Waals surface area (Å²) in [4.78, 5) is 30.3. The maximum atomic E-state index is 14.8. The molecule has 47 heavy (non-hydrogen) atoms. The molecule has 7 aliphatic rings. The van der Waals surface area contributed by atoms with E-state index in [2.05, 4.69) is 44.3 Å². The largest absolute Gasteiger partial charge is 0.497 e. The zero-order valence-electron chi connectivity index (χ0n) is 29.0. The number of benzene rings is 1. The van der Waals surface area contributed by atoms with E-state index in [4.69, 9.17) is 4.74 Å². The van der Waals surface area contributed by atoms with Gasteiger partial charge >= 0.3 is 6.03 Å². The summed E-state index contributed by atoms with van der Waals surface area (Å²) in [5, 5.41) is 26.9. The Bertz CT molecular complexity index is 1450. The number of Topliss-reactive ketones (excluding diaryl/α,β-unsaturated/α-hetero) is 1. The van der Waals surface area contributed by atoms with Gasteiger partial charge in [0, 0.05) is 40.0 Å². The van der Waals surface area contributed by atoms with Gasteiger partial charge in [0.25, 0.3) is 0 Å². The zero-order chi connectivity index (χ0) is 33.2. The first-order chi connectivity index (χ1) is 22.5. The Balaban J connectivity index is 1.24. The number of ether oxygens (including phenoxy) is 1. The summed E-state index contributed by atoms with van der Waals surface area (Å²) in [5.41, 5.74) is -0.598. The van der Waals surface area contributed by atoms with Crippen molar-refractivity contribution in [3.8, 4) is 5.75 Å². The summed E-state index contributed by atoms with van der Waals surface area (Å²) in [6.45, 7) is 7.59. The average molecular weight is 645 g/mol. The third-order valence-corrected chi connectivity index (χ3v) is 14.5. The van der Waals surface area contributed by atoms with E-state index in [1.54, 1.807) is 12.0 Å². The van der Waals surface area contributed by atoms with Gasteiger partial charge in [0.15, 0.2) is 5.78 Å². The van der Waals surface area contributed by atoms with Crippen LogP contribution >= 0.6 is 0 Å². The molecule has 0 aliphatic heterocycles. The quantitative estimate of drug-likeness (QED) is 0.252. The van der Waals surface area contributed by atoms with Gasteiger partial charge < -0.3 is 25.2 Å². The Morgan fingerprint density at radius 2 is 1.62 bits per heavy atom. The number of nitrogens with one attached hydrogen (secondary N) is 1. The summed E-state index contributed by atoms with van der Waals surface area (Å²) in [7, 11) is 1.62. The van der Waals surface area contributed by atoms with Crippen LogP contribution in [0.5, 0.6) is 5.75 Å². The molecule has 1 aromatic rings. The molecule has 7 heteroatoms. The lowest BCUT2D eigenvalue weighted by molar-refractivity contribution is -0.178. The minimum absolute atomic E-state index is 0.0359. The number of carbonyl (C=O) groups excluding carboxylic acids is 2. The number of hydrogen-bond acceptors (Lipinski definition) is 5. The van der Waals surface area contributed by atoms with Crippen LogP contribution in [-0.4, -0.2) is 58.8 Å². The second-order valence-corrected chi connectivity index (χ2v) is 16.6. The monoisotopic (exact) mass is 644 g/mol. The molecule has 0 aromatic heterocycles. The van der Waals surface area contributed by atoms with Crippen LogP contribution in [0.4, 0.5) is 10.5 Å². The van der Waals surface area contributed by atoms with Crippen LogP contribution in [0.1, 0.15) is 104 Å². The Hall–Kier alpha value is -2.64. The van der Waals surface area contributed by atoms with E-state index >= 15 is 0 Å². The van der Waals surface area contributed by atoms with Crippen molar-refractivity contribution < 1.29 is 24.5 Å². The standard InChI is InChI=1S/C40H56N2O5/c1-5-23-42(35(45)41-28-11-13-30(47-4)14-12-28)26-39(46)20-17-33-37(39,3)19-16-32-36(2)18-15-29(43)24-38(36)21-22-40(32,33)31(25-38)34(44)27-9-7-6-8-10-27/h11-14,21-22,25,27,29,32-33,43,46H,5-10,15-20,23-24,26H2,1-4H3,(H,41,45). The number of rotatable bonds is 8. The Kier molecular flexibility index (Phi) is 8.22. The highest BCUT2D eigenvalue weighted by Gasteiger charge is 2.74. The Morgan fingerprint density at radius 1 is 0.936 bits per heavy atom. The van der Waals surface area contributed by atoms with Crippen molar-refractivity contribution in [2.75, 3.05) is 25.5 Å². The normalized spacial score (nSPS) is 40.6. The number of hydrogen-bond donors (Lipinski definition) is 3. The van der Waals surface area contributed by atoms with Crippen molar-refractivity contribution in [3.63, 3.8) is 0 Å². The van der Waals surface area contributed by atoms with Crippen LogP contribution in [0.15, 0.2) is 48.1 Å². The predicted octanol–water partition coefficient (Wildman–Crippen LogP) is 7.68. The smallest absolute Gasteiger partial charge is 0.321 e. The van der Waals surface area contributed by atoms with Gasteiger partial charge in [0.1, 0.15) is 5.75 Å². The first kappa shape index (κ1) is 32.9. The molecule has 256 valence electrons. The highest BCUT2D eigenvalue weighted by molar-refractivity contribution is 6.00. The number of amides is 2. The zero-order valence-corrected chi connectivity index (χ0v) is 29.0. The molecular formula is C40H56N2O5. The molecule has 0 radical (unpaired) electrons. The fourth-order valence-corrected chi connectivity index (χ4v) is 11.9. The number of anilines is 1. The van der Waals surface area contributed by atoms with E-state index in [0.717, 1.165) is 75.5 Å². The van der Waals surface area contributed by atoms with Crippen LogP contribution in [0.2, 0.25) is 0 Å². The predicted molar refractivity (Wildman–Crippen MR) is 184 cm³/mol. The number of aliphatic hydroxyl groups excluding tert-OH is 1. The molecule has 8 atom stereocenters. The third-order valence-electron chi connectivity index (χ3n) is 14.5. The average Bonchev–Trinajstić information content (AvgIpc) is 3.34. The summed E-state index contributed by atoms with van der Waals surface area (Å²) < 4.78 is 5.28. The fourth-order valence-electron chi connectivity index (χ4n) is 11.9. The molecule has 3 N–H and O–H groups in total. The van der Waals surface area contributed by atoms with Gasteiger partial charge in [0.05, 0.1) is 25.4 Å². The maximum Gasteiger partial charge on any atom is 0.321 e. The van der Waals surface area contributed by atoms with Gasteiger partial charge in [-0.1, -0.05) is 58.3 Å². The summed E-state index contributed by atoms with van der Waals surface area (Å²) in [6.07, 6.45) is 18.7. The van der Waals surface area contributed by atoms with E-state index < -0.39 is 16.4 Å². The van der Waals surface area contributed by atoms with Crippen molar-refractivity contribution >= 4 is 17.5 Å². The molecule has 2 spiro atoms. The minimum Gasteiger partial charge on any atom is -0.497 e. The molecule has 4 fully saturated rings. The van der Waals surface area contributed by atoms with Gasteiger partial charge in [0.2, 0.25) is 0 Å². The third kappa shape index (κ3) is 4.80. The van der Waals surface area contributed by atoms with E-state index in [1.165, 1.54) is 6.42 Å². The molecule has 7 aliphatic carbocycles. The van der Waals surface area contributed by atoms with Gasteiger partial charge in [-0.25, -0.2) is 4.79 Å². The molecule has 8 rings (SSSR count). The van der Waals surface area contributed by atoms with Crippen LogP contribution in [0.25, 0.3) is 0 Å². The lowest BCUT2D eigenvalue weighted by atomic mass is 9.32. The first-order valence-electron chi connectivity index (χ1n) is 18.5. The topological polar surface area (TPSA) is 99.1 Å². The Morgan fingerprint density at radius 3 is 2.32 bits per heavy atom. The molecule has 0 heterocycles. The van der Waals surface area contributed by atoms with Crippen molar-refractivity contribution in [2.24, 2.45) is 39.4 Å². The summed E-state index contributed by atoms with van der Waals surface area (Å²) in [6, 6.07) is 7.13. The number of ketones is 1. The van der Waals surface area contributed by atoms with Crippen molar-refractivity contribution in [2.45, 2.75) is 116 Å². The molecule has 1 aromatic carbocycles. The molecule has 4 saturated carbocycles. The lowest BCUT2D eigenvalue weighted by Crippen LogP contribution is -2.67. The summed E-state index contributed by atoms with van der Waals surface area (Å²) >= 11 is 0. The second kappa shape index (κ2) is 11.8. The van der Waals surface area contributed by atoms with E-state index in [-0.39, 0.29) is 41.3 Å². The van der Waals surface area contributed by atoms with Crippen LogP contribution in [0, 0.1) is 39.4 Å². The van der Waals surface area contributed by atoms with Crippen LogP contribution in [-0.2, 0) is 4.79 Å². The van der Waals surface area contributed by atoms with Gasteiger partial charge in [-0.05, 0) is 106 Å². The number of allylic oxidation sites excluding steroid dienone is 4. The SMILES string of the molecule is CCCN(CC1(O)CCC2C34C=CC5(C=C3C(=O)C3CCCCC3)CC(O)CCC5(C)C4CCC21C)C(=O)Nc1ccc(OC)cc1. The number of fused-ring (bicyclic) bond motifs is 1. The molecule has 2 amide bonds. The van der Waals surface area contributed by atoms with Crippen molar-refractivity contribution in [3.05, 3.63) is 48.1 Å². The van der Waals surface area contributed by atoms with E-state index in [9.17, 15) is 19.8 Å². The number of carbonyl (C=O) groups is 2. The first-order valence-corrected chi connectivity index (χ1v) is 18.5. The molecule has 7 nitrogen and oxygen atoms in total. The summed E-state index contributed by atoms with van der Waals surface area (Å²) in [5.74, 6) is 1.54. The fraction of sp³-hybridized carbons (Fsp3) is 0.700.